The van der Waals surface area contributed by atoms with Crippen molar-refractivity contribution in [3.63, 3.8) is 0 Å². The van der Waals surface area contributed by atoms with Gasteiger partial charge in [-0.05, 0) is 13.8 Å². The molecule has 0 saturated carbocycles. The Hall–Kier alpha value is -0.640. The van der Waals surface area contributed by atoms with Crippen molar-refractivity contribution >= 4 is 28.9 Å². The van der Waals surface area contributed by atoms with Crippen molar-refractivity contribution in [2.75, 3.05) is 37.6 Å². The van der Waals surface area contributed by atoms with Crippen molar-refractivity contribution < 1.29 is 13.2 Å². The Morgan fingerprint density at radius 1 is 1.14 bits per heavy atom. The minimum atomic E-state index is -4.42. The van der Waals surface area contributed by atoms with Gasteiger partial charge in [-0.25, -0.2) is 0 Å². The molecule has 0 radical (unpaired) electrons. The Morgan fingerprint density at radius 2 is 1.71 bits per heavy atom. The monoisotopic (exact) mass is 345 g/mol. The summed E-state index contributed by atoms with van der Waals surface area (Å²) in [6.45, 7) is 7.50. The average Bonchev–Trinajstić information content (AvgIpc) is 2.76. The number of rotatable bonds is 3. The van der Waals surface area contributed by atoms with Crippen molar-refractivity contribution in [3.05, 3.63) is 5.01 Å². The molecule has 5 nitrogen and oxygen atoms in total. The van der Waals surface area contributed by atoms with E-state index in [1.54, 1.807) is 0 Å². The van der Waals surface area contributed by atoms with E-state index in [2.05, 4.69) is 15.1 Å². The van der Waals surface area contributed by atoms with E-state index in [0.717, 1.165) is 19.6 Å². The van der Waals surface area contributed by atoms with Gasteiger partial charge in [0.2, 0.25) is 10.1 Å². The van der Waals surface area contributed by atoms with Crippen LogP contribution in [0.25, 0.3) is 0 Å². The van der Waals surface area contributed by atoms with E-state index in [4.69, 9.17) is 5.73 Å². The molecule has 122 valence electrons. The molecule has 2 heterocycles. The first-order chi connectivity index (χ1) is 9.15. The fourth-order valence-electron chi connectivity index (χ4n) is 2.13. The normalized spacial score (nSPS) is 17.7. The molecule has 1 aliphatic rings. The maximum Gasteiger partial charge on any atom is 0.445 e. The molecule has 2 rings (SSSR count). The number of piperazine rings is 1. The summed E-state index contributed by atoms with van der Waals surface area (Å²) in [7, 11) is 0. The summed E-state index contributed by atoms with van der Waals surface area (Å²) in [5.74, 6) is 0. The first-order valence-corrected chi connectivity index (χ1v) is 7.14. The molecule has 0 aliphatic carbocycles. The molecule has 0 atom stereocenters. The second-order valence-corrected chi connectivity index (χ2v) is 6.60. The standard InChI is InChI=1S/C11H18F3N5S.ClH/c1-10(2,15)7-18-3-5-19(6-4-18)9-17-16-8(20-9)11(12,13)14;/h3-7,15H2,1-2H3;1H. The summed E-state index contributed by atoms with van der Waals surface area (Å²) < 4.78 is 37.5. The SMILES string of the molecule is CC(C)(N)CN1CCN(c2nnc(C(F)(F)F)s2)CC1.Cl. The lowest BCUT2D eigenvalue weighted by molar-refractivity contribution is -0.138. The number of halogens is 4. The smallest absolute Gasteiger partial charge is 0.344 e. The van der Waals surface area contributed by atoms with Crippen LogP contribution in [0.3, 0.4) is 0 Å². The molecule has 0 bridgehead atoms. The van der Waals surface area contributed by atoms with Crippen LogP contribution >= 0.6 is 23.7 Å². The Labute approximate surface area is 131 Å². The largest absolute Gasteiger partial charge is 0.445 e. The number of alkyl halides is 3. The van der Waals surface area contributed by atoms with E-state index in [0.29, 0.717) is 29.6 Å². The van der Waals surface area contributed by atoms with Gasteiger partial charge in [0.05, 0.1) is 0 Å². The fourth-order valence-corrected chi connectivity index (χ4v) is 2.90. The van der Waals surface area contributed by atoms with Gasteiger partial charge in [0, 0.05) is 38.3 Å². The van der Waals surface area contributed by atoms with Crippen LogP contribution in [0.1, 0.15) is 18.9 Å². The number of anilines is 1. The van der Waals surface area contributed by atoms with Crippen LogP contribution in [-0.2, 0) is 6.18 Å². The van der Waals surface area contributed by atoms with E-state index >= 15 is 0 Å². The quantitative estimate of drug-likeness (QED) is 0.906. The zero-order valence-corrected chi connectivity index (χ0v) is 13.5. The lowest BCUT2D eigenvalue weighted by Gasteiger charge is -2.37. The van der Waals surface area contributed by atoms with Crippen LogP contribution in [0, 0.1) is 0 Å². The lowest BCUT2D eigenvalue weighted by Crippen LogP contribution is -2.53. The maximum absolute atomic E-state index is 12.5. The van der Waals surface area contributed by atoms with E-state index < -0.39 is 11.2 Å². The van der Waals surface area contributed by atoms with E-state index in [-0.39, 0.29) is 17.9 Å². The molecule has 0 amide bonds. The predicted octanol–water partition coefficient (Wildman–Crippen LogP) is 1.84. The highest BCUT2D eigenvalue weighted by molar-refractivity contribution is 7.15. The third-order valence-corrected chi connectivity index (χ3v) is 3.96. The minimum absolute atomic E-state index is 0. The van der Waals surface area contributed by atoms with Crippen molar-refractivity contribution in [2.45, 2.75) is 25.6 Å². The Morgan fingerprint density at radius 3 is 2.14 bits per heavy atom. The molecule has 1 saturated heterocycles. The van der Waals surface area contributed by atoms with E-state index in [1.165, 1.54) is 0 Å². The fraction of sp³-hybridized carbons (Fsp3) is 0.818. The maximum atomic E-state index is 12.5. The van der Waals surface area contributed by atoms with Crippen LogP contribution in [0.4, 0.5) is 18.3 Å². The molecule has 0 unspecified atom stereocenters. The Balaban J connectivity index is 0.00000220. The number of aromatic nitrogens is 2. The van der Waals surface area contributed by atoms with Gasteiger partial charge in [-0.15, -0.1) is 22.6 Å². The van der Waals surface area contributed by atoms with Crippen molar-refractivity contribution in [1.29, 1.82) is 0 Å². The topological polar surface area (TPSA) is 58.3 Å². The second kappa shape index (κ2) is 6.64. The highest BCUT2D eigenvalue weighted by Crippen LogP contribution is 2.34. The summed E-state index contributed by atoms with van der Waals surface area (Å²) in [4.78, 5) is 4.05. The van der Waals surface area contributed by atoms with Crippen molar-refractivity contribution in [2.24, 2.45) is 5.73 Å². The second-order valence-electron chi connectivity index (χ2n) is 5.64. The molecule has 21 heavy (non-hydrogen) atoms. The number of hydrogen-bond acceptors (Lipinski definition) is 6. The third kappa shape index (κ3) is 5.24. The summed E-state index contributed by atoms with van der Waals surface area (Å²) in [6, 6.07) is 0. The summed E-state index contributed by atoms with van der Waals surface area (Å²) >= 11 is 0.596. The summed E-state index contributed by atoms with van der Waals surface area (Å²) in [5, 5.41) is 6.29. The molecule has 1 fully saturated rings. The summed E-state index contributed by atoms with van der Waals surface area (Å²) in [6.07, 6.45) is -4.42. The van der Waals surface area contributed by atoms with Gasteiger partial charge in [0.1, 0.15) is 0 Å². The molecule has 1 aromatic rings. The van der Waals surface area contributed by atoms with Gasteiger partial charge in [0.15, 0.2) is 0 Å². The zero-order valence-electron chi connectivity index (χ0n) is 11.9. The average molecular weight is 346 g/mol. The van der Waals surface area contributed by atoms with E-state index in [9.17, 15) is 13.2 Å². The molecular formula is C11H19ClF3N5S. The van der Waals surface area contributed by atoms with Crippen LogP contribution in [-0.4, -0.2) is 53.4 Å². The molecule has 1 aromatic heterocycles. The van der Waals surface area contributed by atoms with Gasteiger partial charge < -0.3 is 10.6 Å². The first-order valence-electron chi connectivity index (χ1n) is 6.32. The number of nitrogens with two attached hydrogens (primary N) is 1. The van der Waals surface area contributed by atoms with Crippen LogP contribution in [0.5, 0.6) is 0 Å². The summed E-state index contributed by atoms with van der Waals surface area (Å²) in [5.41, 5.74) is 5.69. The molecule has 10 heteroatoms. The first kappa shape index (κ1) is 18.4. The number of nitrogens with zero attached hydrogens (tertiary/aromatic N) is 4. The Bertz CT molecular complexity index is 451. The van der Waals surface area contributed by atoms with Crippen LogP contribution in [0.2, 0.25) is 0 Å². The van der Waals surface area contributed by atoms with Gasteiger partial charge in [-0.3, -0.25) is 4.90 Å². The molecular weight excluding hydrogens is 327 g/mol. The highest BCUT2D eigenvalue weighted by Gasteiger charge is 2.36. The van der Waals surface area contributed by atoms with E-state index in [1.807, 2.05) is 18.7 Å². The van der Waals surface area contributed by atoms with Crippen molar-refractivity contribution in [3.8, 4) is 0 Å². The highest BCUT2D eigenvalue weighted by atomic mass is 35.5. The zero-order chi connectivity index (χ0) is 15.0. The van der Waals surface area contributed by atoms with Crippen molar-refractivity contribution in [1.82, 2.24) is 15.1 Å². The molecule has 0 spiro atoms. The van der Waals surface area contributed by atoms with Gasteiger partial charge >= 0.3 is 6.18 Å². The minimum Gasteiger partial charge on any atom is -0.344 e. The van der Waals surface area contributed by atoms with Gasteiger partial charge in [0.25, 0.3) is 0 Å². The predicted molar refractivity (Wildman–Crippen MR) is 79.1 cm³/mol. The Kier molecular flexibility index (Phi) is 5.82. The van der Waals surface area contributed by atoms with Gasteiger partial charge in [-0.2, -0.15) is 13.2 Å². The molecule has 2 N–H and O–H groups in total. The van der Waals surface area contributed by atoms with Crippen LogP contribution in [0.15, 0.2) is 0 Å². The lowest BCUT2D eigenvalue weighted by atomic mass is 10.1. The third-order valence-electron chi connectivity index (χ3n) is 2.93. The van der Waals surface area contributed by atoms with Gasteiger partial charge in [-0.1, -0.05) is 11.3 Å². The number of hydrogen-bond donors (Lipinski definition) is 1. The van der Waals surface area contributed by atoms with Crippen LogP contribution < -0.4 is 10.6 Å². The molecule has 1 aliphatic heterocycles. The molecule has 0 aromatic carbocycles.